The number of rotatable bonds is 7. The van der Waals surface area contributed by atoms with E-state index in [9.17, 15) is 18.4 Å². The molecule has 5 rings (SSSR count). The van der Waals surface area contributed by atoms with Crippen LogP contribution in [0.25, 0.3) is 11.3 Å². The summed E-state index contributed by atoms with van der Waals surface area (Å²) in [4.78, 5) is 35.9. The van der Waals surface area contributed by atoms with Crippen molar-refractivity contribution in [3.8, 4) is 11.3 Å². The maximum absolute atomic E-state index is 13.8. The zero-order valence-corrected chi connectivity index (χ0v) is 20.8. The third-order valence-electron chi connectivity index (χ3n) is 6.54. The number of amides is 2. The molecule has 1 aliphatic rings. The molecule has 8 nitrogen and oxygen atoms in total. The molecule has 0 bridgehead atoms. The van der Waals surface area contributed by atoms with Crippen molar-refractivity contribution in [2.24, 2.45) is 0 Å². The highest BCUT2D eigenvalue weighted by atomic mass is 19.1. The number of anilines is 2. The smallest absolute Gasteiger partial charge is 0.297 e. The number of hydrogen-bond acceptors (Lipinski definition) is 6. The molecule has 2 N–H and O–H groups in total. The summed E-state index contributed by atoms with van der Waals surface area (Å²) in [5.41, 5.74) is 1.39. The van der Waals surface area contributed by atoms with Gasteiger partial charge in [0.2, 0.25) is 5.76 Å². The number of carbonyl (C=O) groups excluding carboxylic acids is 2. The lowest BCUT2D eigenvalue weighted by Crippen LogP contribution is -2.50. The van der Waals surface area contributed by atoms with Crippen molar-refractivity contribution >= 4 is 23.5 Å². The SMILES string of the molecule is CN(C)c1ncc(C(=O)NC2(c3ccc(NC(=O)c4cccnc4-c4cc(F)cc(F)c4)cc3)CCC2)o1. The lowest BCUT2D eigenvalue weighted by Gasteiger charge is -2.43. The highest BCUT2D eigenvalue weighted by Crippen LogP contribution is 2.42. The second-order valence-corrected chi connectivity index (χ2v) is 9.38. The summed E-state index contributed by atoms with van der Waals surface area (Å²) >= 11 is 0. The van der Waals surface area contributed by atoms with Gasteiger partial charge in [0.15, 0.2) is 0 Å². The van der Waals surface area contributed by atoms with Gasteiger partial charge in [0, 0.05) is 37.6 Å². The third-order valence-corrected chi connectivity index (χ3v) is 6.54. The zero-order chi connectivity index (χ0) is 26.9. The van der Waals surface area contributed by atoms with Crippen molar-refractivity contribution in [2.45, 2.75) is 24.8 Å². The number of oxazole rings is 1. The van der Waals surface area contributed by atoms with Crippen molar-refractivity contribution in [1.29, 1.82) is 0 Å². The molecule has 0 spiro atoms. The minimum atomic E-state index is -0.758. The summed E-state index contributed by atoms with van der Waals surface area (Å²) in [7, 11) is 3.55. The Kier molecular flexibility index (Phi) is 6.62. The van der Waals surface area contributed by atoms with Gasteiger partial charge < -0.3 is 20.0 Å². The van der Waals surface area contributed by atoms with Gasteiger partial charge in [-0.15, -0.1) is 0 Å². The number of nitrogens with zero attached hydrogens (tertiary/aromatic N) is 3. The van der Waals surface area contributed by atoms with Crippen LogP contribution in [0, 0.1) is 11.6 Å². The predicted molar refractivity (Wildman–Crippen MR) is 138 cm³/mol. The van der Waals surface area contributed by atoms with E-state index < -0.39 is 23.1 Å². The Morgan fingerprint density at radius 1 is 0.974 bits per heavy atom. The first-order chi connectivity index (χ1) is 18.2. The van der Waals surface area contributed by atoms with Crippen molar-refractivity contribution in [1.82, 2.24) is 15.3 Å². The van der Waals surface area contributed by atoms with Gasteiger partial charge in [0.1, 0.15) is 11.6 Å². The van der Waals surface area contributed by atoms with Gasteiger partial charge in [-0.25, -0.2) is 13.8 Å². The molecule has 0 radical (unpaired) electrons. The molecule has 2 amide bonds. The van der Waals surface area contributed by atoms with Gasteiger partial charge in [-0.1, -0.05) is 12.1 Å². The minimum absolute atomic E-state index is 0.134. The molecular formula is C28H25F2N5O3. The van der Waals surface area contributed by atoms with E-state index in [1.54, 1.807) is 43.3 Å². The molecule has 2 heterocycles. The Balaban J connectivity index is 1.32. The van der Waals surface area contributed by atoms with E-state index in [2.05, 4.69) is 20.6 Å². The molecule has 2 aromatic carbocycles. The van der Waals surface area contributed by atoms with Crippen molar-refractivity contribution < 1.29 is 22.8 Å². The maximum atomic E-state index is 13.8. The molecule has 2 aromatic heterocycles. The quantitative estimate of drug-likeness (QED) is 0.352. The minimum Gasteiger partial charge on any atom is -0.418 e. The maximum Gasteiger partial charge on any atom is 0.297 e. The Hall–Kier alpha value is -4.60. The van der Waals surface area contributed by atoms with E-state index in [1.165, 1.54) is 12.4 Å². The highest BCUT2D eigenvalue weighted by Gasteiger charge is 2.40. The fourth-order valence-electron chi connectivity index (χ4n) is 4.45. The molecule has 0 aliphatic heterocycles. The number of carbonyl (C=O) groups is 2. The largest absolute Gasteiger partial charge is 0.418 e. The monoisotopic (exact) mass is 517 g/mol. The first kappa shape index (κ1) is 25.1. The summed E-state index contributed by atoms with van der Waals surface area (Å²) in [6.45, 7) is 0. The lowest BCUT2D eigenvalue weighted by molar-refractivity contribution is 0.0795. The van der Waals surface area contributed by atoms with Crippen LogP contribution in [-0.2, 0) is 5.54 Å². The zero-order valence-electron chi connectivity index (χ0n) is 20.8. The topological polar surface area (TPSA) is 100 Å². The van der Waals surface area contributed by atoms with E-state index in [1.807, 2.05) is 12.1 Å². The number of nitrogens with one attached hydrogen (secondary N) is 2. The lowest BCUT2D eigenvalue weighted by atomic mass is 9.71. The van der Waals surface area contributed by atoms with E-state index in [0.717, 1.165) is 43.0 Å². The second-order valence-electron chi connectivity index (χ2n) is 9.38. The summed E-state index contributed by atoms with van der Waals surface area (Å²) in [6.07, 6.45) is 5.35. The van der Waals surface area contributed by atoms with Gasteiger partial charge in [-0.3, -0.25) is 14.6 Å². The van der Waals surface area contributed by atoms with E-state index in [0.29, 0.717) is 11.7 Å². The fourth-order valence-corrected chi connectivity index (χ4v) is 4.45. The predicted octanol–water partition coefficient (Wildman–Crippen LogP) is 5.14. The van der Waals surface area contributed by atoms with Crippen LogP contribution in [0.4, 0.5) is 20.5 Å². The van der Waals surface area contributed by atoms with Crippen LogP contribution in [0.2, 0.25) is 0 Å². The second kappa shape index (κ2) is 10.0. The van der Waals surface area contributed by atoms with Crippen LogP contribution in [0.3, 0.4) is 0 Å². The molecule has 10 heteroatoms. The number of benzene rings is 2. The Morgan fingerprint density at radius 3 is 2.29 bits per heavy atom. The van der Waals surface area contributed by atoms with E-state index in [-0.39, 0.29) is 28.5 Å². The third kappa shape index (κ3) is 4.97. The molecule has 1 fully saturated rings. The Bertz CT molecular complexity index is 1480. The van der Waals surface area contributed by atoms with Crippen LogP contribution in [-0.4, -0.2) is 35.9 Å². The number of pyridine rings is 1. The molecule has 194 valence electrons. The molecule has 4 aromatic rings. The molecule has 1 aliphatic carbocycles. The standard InChI is InChI=1S/C28H25F2N5O3/c1-35(2)27-32-16-23(38-27)26(37)34-28(10-4-11-28)18-6-8-21(9-7-18)33-25(36)22-5-3-12-31-24(22)17-13-19(29)15-20(30)14-17/h3,5-9,12-16H,4,10-11H2,1-2H3,(H,33,36)(H,34,37). The van der Waals surface area contributed by atoms with Crippen LogP contribution < -0.4 is 15.5 Å². The molecule has 0 saturated heterocycles. The van der Waals surface area contributed by atoms with Crippen LogP contribution in [0.15, 0.2) is 71.4 Å². The van der Waals surface area contributed by atoms with Gasteiger partial charge in [0.25, 0.3) is 17.8 Å². The molecule has 1 saturated carbocycles. The van der Waals surface area contributed by atoms with Crippen LogP contribution in [0.1, 0.15) is 45.7 Å². The normalized spacial score (nSPS) is 13.9. The molecular weight excluding hydrogens is 492 g/mol. The summed E-state index contributed by atoms with van der Waals surface area (Å²) < 4.78 is 33.1. The summed E-state index contributed by atoms with van der Waals surface area (Å²) in [5.74, 6) is -2.20. The van der Waals surface area contributed by atoms with Gasteiger partial charge in [0.05, 0.1) is 23.0 Å². The number of halogens is 2. The van der Waals surface area contributed by atoms with Gasteiger partial charge in [-0.05, 0) is 61.2 Å². The van der Waals surface area contributed by atoms with Crippen LogP contribution in [0.5, 0.6) is 0 Å². The van der Waals surface area contributed by atoms with Crippen LogP contribution >= 0.6 is 0 Å². The van der Waals surface area contributed by atoms with Crippen molar-refractivity contribution in [3.05, 3.63) is 95.5 Å². The van der Waals surface area contributed by atoms with Gasteiger partial charge >= 0.3 is 0 Å². The Morgan fingerprint density at radius 2 is 1.68 bits per heavy atom. The molecule has 0 unspecified atom stereocenters. The molecule has 0 atom stereocenters. The highest BCUT2D eigenvalue weighted by molar-refractivity contribution is 6.08. The first-order valence-electron chi connectivity index (χ1n) is 12.0. The number of hydrogen-bond donors (Lipinski definition) is 2. The average molecular weight is 518 g/mol. The van der Waals surface area contributed by atoms with E-state index >= 15 is 0 Å². The van der Waals surface area contributed by atoms with Crippen molar-refractivity contribution in [2.75, 3.05) is 24.3 Å². The fraction of sp³-hybridized carbons (Fsp3) is 0.214. The van der Waals surface area contributed by atoms with E-state index in [4.69, 9.17) is 4.42 Å². The van der Waals surface area contributed by atoms with Crippen molar-refractivity contribution in [3.63, 3.8) is 0 Å². The van der Waals surface area contributed by atoms with Gasteiger partial charge in [-0.2, -0.15) is 0 Å². The summed E-state index contributed by atoms with van der Waals surface area (Å²) in [6, 6.07) is 13.7. The summed E-state index contributed by atoms with van der Waals surface area (Å²) in [5, 5.41) is 5.90. The Labute approximate surface area is 217 Å². The molecule has 38 heavy (non-hydrogen) atoms. The first-order valence-corrected chi connectivity index (χ1v) is 12.0. The average Bonchev–Trinajstić information content (AvgIpc) is 3.37. The number of aromatic nitrogens is 2.